The van der Waals surface area contributed by atoms with Crippen molar-refractivity contribution in [1.29, 1.82) is 0 Å². The third-order valence-electron chi connectivity index (χ3n) is 2.97. The zero-order valence-corrected chi connectivity index (χ0v) is 12.4. The van der Waals surface area contributed by atoms with Crippen LogP contribution < -0.4 is 10.1 Å². The molecule has 0 unspecified atom stereocenters. The minimum absolute atomic E-state index is 0.180. The summed E-state index contributed by atoms with van der Waals surface area (Å²) in [6, 6.07) is 8.27. The Balaban J connectivity index is 2.66. The van der Waals surface area contributed by atoms with E-state index in [-0.39, 0.29) is 11.6 Å². The second-order valence-corrected chi connectivity index (χ2v) is 5.76. The Morgan fingerprint density at radius 3 is 2.50 bits per heavy atom. The molecule has 1 N–H and O–H groups in total. The Morgan fingerprint density at radius 1 is 1.22 bits per heavy atom. The number of hydrogen-bond acceptors (Lipinski definition) is 2. The van der Waals surface area contributed by atoms with Gasteiger partial charge >= 0.3 is 0 Å². The van der Waals surface area contributed by atoms with E-state index in [1.54, 1.807) is 0 Å². The fourth-order valence-corrected chi connectivity index (χ4v) is 2.07. The predicted octanol–water partition coefficient (Wildman–Crippen LogP) is 4.14. The van der Waals surface area contributed by atoms with Crippen LogP contribution in [0.25, 0.3) is 0 Å². The van der Waals surface area contributed by atoms with Gasteiger partial charge in [-0.2, -0.15) is 0 Å². The monoisotopic (exact) mass is 249 g/mol. The van der Waals surface area contributed by atoms with E-state index in [9.17, 15) is 0 Å². The molecule has 18 heavy (non-hydrogen) atoms. The minimum atomic E-state index is 0.180. The van der Waals surface area contributed by atoms with Crippen molar-refractivity contribution in [1.82, 2.24) is 5.32 Å². The minimum Gasteiger partial charge on any atom is -0.491 e. The van der Waals surface area contributed by atoms with Crippen molar-refractivity contribution in [2.75, 3.05) is 0 Å². The number of ether oxygens (including phenoxy) is 1. The largest absolute Gasteiger partial charge is 0.491 e. The maximum Gasteiger partial charge on any atom is 0.124 e. The average Bonchev–Trinajstić information content (AvgIpc) is 2.27. The van der Waals surface area contributed by atoms with Gasteiger partial charge in [-0.25, -0.2) is 0 Å². The highest BCUT2D eigenvalue weighted by Crippen LogP contribution is 2.21. The lowest BCUT2D eigenvalue weighted by atomic mass is 9.98. The first kappa shape index (κ1) is 15.0. The molecule has 0 atom stereocenters. The van der Waals surface area contributed by atoms with Crippen molar-refractivity contribution in [3.05, 3.63) is 29.8 Å². The van der Waals surface area contributed by atoms with Gasteiger partial charge in [-0.15, -0.1) is 0 Å². The summed E-state index contributed by atoms with van der Waals surface area (Å²) in [6.45, 7) is 11.7. The zero-order chi connectivity index (χ0) is 13.6. The number of hydrogen-bond donors (Lipinski definition) is 1. The first-order chi connectivity index (χ1) is 8.44. The molecule has 1 aromatic rings. The van der Waals surface area contributed by atoms with Crippen LogP contribution in [-0.2, 0) is 6.54 Å². The molecular weight excluding hydrogens is 222 g/mol. The summed E-state index contributed by atoms with van der Waals surface area (Å²) in [4.78, 5) is 0. The molecule has 1 rings (SSSR count). The maximum absolute atomic E-state index is 5.83. The van der Waals surface area contributed by atoms with Gasteiger partial charge in [0.05, 0.1) is 6.10 Å². The number of nitrogens with one attached hydrogen (secondary N) is 1. The molecule has 2 nitrogen and oxygen atoms in total. The lowest BCUT2D eigenvalue weighted by Crippen LogP contribution is -2.38. The number of benzene rings is 1. The summed E-state index contributed by atoms with van der Waals surface area (Å²) >= 11 is 0. The molecule has 1 aromatic carbocycles. The van der Waals surface area contributed by atoms with Crippen LogP contribution in [0.3, 0.4) is 0 Å². The average molecular weight is 249 g/mol. The number of para-hydroxylation sites is 1. The smallest absolute Gasteiger partial charge is 0.124 e. The van der Waals surface area contributed by atoms with Crippen molar-refractivity contribution in [3.8, 4) is 5.75 Å². The van der Waals surface area contributed by atoms with E-state index in [0.717, 1.165) is 12.3 Å². The molecule has 0 saturated heterocycles. The Hall–Kier alpha value is -1.02. The summed E-state index contributed by atoms with van der Waals surface area (Å²) in [5, 5.41) is 3.61. The van der Waals surface area contributed by atoms with Gasteiger partial charge in [0.1, 0.15) is 5.75 Å². The van der Waals surface area contributed by atoms with E-state index in [2.05, 4.69) is 52.1 Å². The Morgan fingerprint density at radius 2 is 1.89 bits per heavy atom. The first-order valence-electron chi connectivity index (χ1n) is 6.94. The molecule has 2 heteroatoms. The van der Waals surface area contributed by atoms with Crippen molar-refractivity contribution in [2.24, 2.45) is 0 Å². The molecule has 0 aliphatic rings. The summed E-state index contributed by atoms with van der Waals surface area (Å²) in [7, 11) is 0. The van der Waals surface area contributed by atoms with Crippen LogP contribution in [0.1, 0.15) is 53.0 Å². The fourth-order valence-electron chi connectivity index (χ4n) is 2.07. The van der Waals surface area contributed by atoms with Crippen LogP contribution in [0, 0.1) is 0 Å². The highest BCUT2D eigenvalue weighted by atomic mass is 16.5. The van der Waals surface area contributed by atoms with E-state index in [1.807, 2.05) is 12.1 Å². The van der Waals surface area contributed by atoms with Crippen LogP contribution in [0.4, 0.5) is 0 Å². The molecule has 102 valence electrons. The molecule has 0 aliphatic carbocycles. The zero-order valence-electron chi connectivity index (χ0n) is 12.4. The van der Waals surface area contributed by atoms with Crippen LogP contribution >= 0.6 is 0 Å². The van der Waals surface area contributed by atoms with Crippen LogP contribution in [0.15, 0.2) is 24.3 Å². The van der Waals surface area contributed by atoms with E-state index >= 15 is 0 Å². The van der Waals surface area contributed by atoms with Gasteiger partial charge in [0.2, 0.25) is 0 Å². The fraction of sp³-hybridized carbons (Fsp3) is 0.625. The summed E-state index contributed by atoms with van der Waals surface area (Å²) < 4.78 is 5.83. The second kappa shape index (κ2) is 6.79. The molecule has 0 amide bonds. The van der Waals surface area contributed by atoms with Crippen LogP contribution in [0.2, 0.25) is 0 Å². The molecular formula is C16H27NO. The maximum atomic E-state index is 5.83. The standard InChI is InChI=1S/C16H27NO/c1-6-11-16(4,5)17-12-14-9-7-8-10-15(14)18-13(2)3/h7-10,13,17H,6,11-12H2,1-5H3. The van der Waals surface area contributed by atoms with E-state index in [0.29, 0.717) is 0 Å². The van der Waals surface area contributed by atoms with Gasteiger partial charge < -0.3 is 10.1 Å². The Kier molecular flexibility index (Phi) is 5.67. The summed E-state index contributed by atoms with van der Waals surface area (Å²) in [5.74, 6) is 0.993. The third kappa shape index (κ3) is 5.09. The molecule has 0 aliphatic heterocycles. The summed E-state index contributed by atoms with van der Waals surface area (Å²) in [5.41, 5.74) is 1.41. The first-order valence-corrected chi connectivity index (χ1v) is 6.94. The molecule has 0 radical (unpaired) electrons. The van der Waals surface area contributed by atoms with Crippen molar-refractivity contribution >= 4 is 0 Å². The van der Waals surface area contributed by atoms with Gasteiger partial charge in [0, 0.05) is 17.6 Å². The highest BCUT2D eigenvalue weighted by Gasteiger charge is 2.16. The van der Waals surface area contributed by atoms with Gasteiger partial charge in [0.15, 0.2) is 0 Å². The van der Waals surface area contributed by atoms with Gasteiger partial charge in [0.25, 0.3) is 0 Å². The molecule has 0 bridgehead atoms. The lowest BCUT2D eigenvalue weighted by molar-refractivity contribution is 0.238. The molecule has 0 saturated carbocycles. The third-order valence-corrected chi connectivity index (χ3v) is 2.97. The molecule has 0 spiro atoms. The van der Waals surface area contributed by atoms with Crippen LogP contribution in [-0.4, -0.2) is 11.6 Å². The van der Waals surface area contributed by atoms with Crippen LogP contribution in [0.5, 0.6) is 5.75 Å². The lowest BCUT2D eigenvalue weighted by Gasteiger charge is -2.26. The number of rotatable bonds is 7. The van der Waals surface area contributed by atoms with Crippen molar-refractivity contribution < 1.29 is 4.74 Å². The molecule has 0 aromatic heterocycles. The van der Waals surface area contributed by atoms with E-state index < -0.39 is 0 Å². The Labute approximate surface area is 112 Å². The van der Waals surface area contributed by atoms with E-state index in [1.165, 1.54) is 18.4 Å². The molecule has 0 heterocycles. The topological polar surface area (TPSA) is 21.3 Å². The summed E-state index contributed by atoms with van der Waals surface area (Å²) in [6.07, 6.45) is 2.60. The van der Waals surface area contributed by atoms with Gasteiger partial charge in [-0.1, -0.05) is 31.5 Å². The Bertz CT molecular complexity index is 358. The predicted molar refractivity (Wildman–Crippen MR) is 78.0 cm³/mol. The normalized spacial score (nSPS) is 11.9. The molecule has 0 fully saturated rings. The van der Waals surface area contributed by atoms with E-state index in [4.69, 9.17) is 4.74 Å². The highest BCUT2D eigenvalue weighted by molar-refractivity contribution is 5.33. The van der Waals surface area contributed by atoms with Crippen molar-refractivity contribution in [3.63, 3.8) is 0 Å². The van der Waals surface area contributed by atoms with Crippen molar-refractivity contribution in [2.45, 2.75) is 65.6 Å². The quantitative estimate of drug-likeness (QED) is 0.784. The SMILES string of the molecule is CCCC(C)(C)NCc1ccccc1OC(C)C. The second-order valence-electron chi connectivity index (χ2n) is 5.76. The van der Waals surface area contributed by atoms with Gasteiger partial charge in [-0.3, -0.25) is 0 Å². The van der Waals surface area contributed by atoms with Gasteiger partial charge in [-0.05, 0) is 40.2 Å².